The van der Waals surface area contributed by atoms with Crippen molar-refractivity contribution in [3.8, 4) is 0 Å². The van der Waals surface area contributed by atoms with Crippen LogP contribution >= 0.6 is 11.6 Å². The third-order valence-corrected chi connectivity index (χ3v) is 3.45. The fraction of sp³-hybridized carbons (Fsp3) is 0.400. The summed E-state index contributed by atoms with van der Waals surface area (Å²) in [6, 6.07) is 4.73. The number of nitrogens with one attached hydrogen (secondary N) is 1. The van der Waals surface area contributed by atoms with Crippen LogP contribution in [-0.2, 0) is 6.54 Å². The molecule has 5 heteroatoms. The minimum absolute atomic E-state index is 0.0837. The second-order valence-electron chi connectivity index (χ2n) is 4.64. The summed E-state index contributed by atoms with van der Waals surface area (Å²) in [6.07, 6.45) is 4.79. The molecule has 0 bridgehead atoms. The molecule has 0 amide bonds. The minimum atomic E-state index is -0.400. The lowest BCUT2D eigenvalue weighted by Gasteiger charge is -2.19. The number of nitrogens with zero attached hydrogens (tertiary/aromatic N) is 2. The molecule has 2 rings (SSSR count). The Bertz CT molecular complexity index is 568. The van der Waals surface area contributed by atoms with Crippen molar-refractivity contribution in [3.63, 3.8) is 0 Å². The zero-order valence-electron chi connectivity index (χ0n) is 11.7. The Balaban J connectivity index is 2.39. The molecule has 1 unspecified atom stereocenters. The lowest BCUT2D eigenvalue weighted by molar-refractivity contribution is 0.542. The van der Waals surface area contributed by atoms with Gasteiger partial charge >= 0.3 is 0 Å². The van der Waals surface area contributed by atoms with Crippen molar-refractivity contribution < 1.29 is 4.39 Å². The van der Waals surface area contributed by atoms with Crippen molar-refractivity contribution in [1.82, 2.24) is 14.9 Å². The van der Waals surface area contributed by atoms with Gasteiger partial charge in [0.15, 0.2) is 0 Å². The van der Waals surface area contributed by atoms with Crippen molar-refractivity contribution in [1.29, 1.82) is 0 Å². The zero-order valence-corrected chi connectivity index (χ0v) is 12.5. The molecule has 0 saturated carbocycles. The third kappa shape index (κ3) is 3.19. The lowest BCUT2D eigenvalue weighted by atomic mass is 10.1. The molecule has 20 heavy (non-hydrogen) atoms. The first-order valence-corrected chi connectivity index (χ1v) is 7.24. The summed E-state index contributed by atoms with van der Waals surface area (Å²) in [7, 11) is 0. The van der Waals surface area contributed by atoms with Crippen molar-refractivity contribution in [2.75, 3.05) is 6.54 Å². The SMILES string of the molecule is CCCn1ccnc1C(NCC)c1ccc(F)c(Cl)c1. The normalized spacial score (nSPS) is 12.6. The molecule has 0 aliphatic rings. The predicted octanol–water partition coefficient (Wildman–Crippen LogP) is 3.78. The molecule has 1 N–H and O–H groups in total. The molecule has 0 aliphatic heterocycles. The Kier molecular flexibility index (Phi) is 5.15. The fourth-order valence-electron chi connectivity index (χ4n) is 2.27. The monoisotopic (exact) mass is 295 g/mol. The lowest BCUT2D eigenvalue weighted by Crippen LogP contribution is -2.25. The van der Waals surface area contributed by atoms with E-state index in [0.29, 0.717) is 0 Å². The molecule has 1 heterocycles. The van der Waals surface area contributed by atoms with Crippen LogP contribution in [0.1, 0.15) is 37.7 Å². The summed E-state index contributed by atoms with van der Waals surface area (Å²) < 4.78 is 15.4. The van der Waals surface area contributed by atoms with Crippen LogP contribution in [0.25, 0.3) is 0 Å². The van der Waals surface area contributed by atoms with E-state index in [9.17, 15) is 4.39 Å². The van der Waals surface area contributed by atoms with Gasteiger partial charge in [-0.1, -0.05) is 31.5 Å². The topological polar surface area (TPSA) is 29.9 Å². The molecule has 0 fully saturated rings. The zero-order chi connectivity index (χ0) is 14.5. The van der Waals surface area contributed by atoms with Gasteiger partial charge in [-0.15, -0.1) is 0 Å². The van der Waals surface area contributed by atoms with Gasteiger partial charge in [0.05, 0.1) is 11.1 Å². The maximum Gasteiger partial charge on any atom is 0.141 e. The van der Waals surface area contributed by atoms with Gasteiger partial charge in [0.25, 0.3) is 0 Å². The van der Waals surface area contributed by atoms with E-state index in [0.717, 1.165) is 30.9 Å². The molecule has 3 nitrogen and oxygen atoms in total. The van der Waals surface area contributed by atoms with Crippen LogP contribution in [0, 0.1) is 5.82 Å². The Morgan fingerprint density at radius 2 is 2.20 bits per heavy atom. The molecular weight excluding hydrogens is 277 g/mol. The Morgan fingerprint density at radius 1 is 1.40 bits per heavy atom. The second-order valence-corrected chi connectivity index (χ2v) is 5.05. The molecule has 108 valence electrons. The molecule has 0 radical (unpaired) electrons. The van der Waals surface area contributed by atoms with E-state index >= 15 is 0 Å². The number of aryl methyl sites for hydroxylation is 1. The van der Waals surface area contributed by atoms with Crippen LogP contribution in [0.15, 0.2) is 30.6 Å². The summed E-state index contributed by atoms with van der Waals surface area (Å²) in [5.74, 6) is 0.527. The van der Waals surface area contributed by atoms with Gasteiger partial charge in [0.2, 0.25) is 0 Å². The van der Waals surface area contributed by atoms with Crippen molar-refractivity contribution in [2.45, 2.75) is 32.9 Å². The summed E-state index contributed by atoms with van der Waals surface area (Å²) in [4.78, 5) is 4.45. The minimum Gasteiger partial charge on any atom is -0.333 e. The van der Waals surface area contributed by atoms with Gasteiger partial charge in [-0.25, -0.2) is 9.37 Å². The molecule has 1 aromatic heterocycles. The third-order valence-electron chi connectivity index (χ3n) is 3.16. The Hall–Kier alpha value is -1.39. The summed E-state index contributed by atoms with van der Waals surface area (Å²) in [5.41, 5.74) is 0.918. The van der Waals surface area contributed by atoms with Gasteiger partial charge in [-0.2, -0.15) is 0 Å². The second kappa shape index (κ2) is 6.86. The maximum atomic E-state index is 13.3. The van der Waals surface area contributed by atoms with Crippen LogP contribution < -0.4 is 5.32 Å². The van der Waals surface area contributed by atoms with E-state index < -0.39 is 5.82 Å². The van der Waals surface area contributed by atoms with Crippen molar-refractivity contribution in [3.05, 3.63) is 52.8 Å². The molecule has 1 aromatic carbocycles. The Labute approximate surface area is 123 Å². The van der Waals surface area contributed by atoms with Gasteiger partial charge in [-0.3, -0.25) is 0 Å². The highest BCUT2D eigenvalue weighted by molar-refractivity contribution is 6.30. The van der Waals surface area contributed by atoms with Crippen molar-refractivity contribution in [2.24, 2.45) is 0 Å². The first-order valence-electron chi connectivity index (χ1n) is 6.86. The summed E-state index contributed by atoms with van der Waals surface area (Å²) >= 11 is 5.89. The number of hydrogen-bond donors (Lipinski definition) is 1. The predicted molar refractivity (Wildman–Crippen MR) is 79.4 cm³/mol. The first kappa shape index (κ1) is 15.0. The van der Waals surface area contributed by atoms with Crippen LogP contribution in [0.4, 0.5) is 4.39 Å². The number of aromatic nitrogens is 2. The van der Waals surface area contributed by atoms with Crippen molar-refractivity contribution >= 4 is 11.6 Å². The molecule has 0 spiro atoms. The highest BCUT2D eigenvalue weighted by Gasteiger charge is 2.19. The number of hydrogen-bond acceptors (Lipinski definition) is 2. The van der Waals surface area contributed by atoms with E-state index in [2.05, 4.69) is 21.8 Å². The number of halogens is 2. The highest BCUT2D eigenvalue weighted by Crippen LogP contribution is 2.25. The average molecular weight is 296 g/mol. The number of rotatable bonds is 6. The van der Waals surface area contributed by atoms with E-state index in [1.807, 2.05) is 13.1 Å². The van der Waals surface area contributed by atoms with E-state index in [1.54, 1.807) is 18.3 Å². The van der Waals surface area contributed by atoms with Gasteiger partial charge in [0.1, 0.15) is 11.6 Å². The summed E-state index contributed by atoms with van der Waals surface area (Å²) in [5, 5.41) is 3.52. The van der Waals surface area contributed by atoms with Crippen LogP contribution in [0.3, 0.4) is 0 Å². The van der Waals surface area contributed by atoms with Crippen LogP contribution in [-0.4, -0.2) is 16.1 Å². The standard InChI is InChI=1S/C15H19ClFN3/c1-3-8-20-9-7-19-15(20)14(18-4-2)11-5-6-13(17)12(16)10-11/h5-7,9-10,14,18H,3-4,8H2,1-2H3. The molecule has 1 atom stereocenters. The molecule has 0 aliphatic carbocycles. The van der Waals surface area contributed by atoms with Crippen LogP contribution in [0.2, 0.25) is 5.02 Å². The van der Waals surface area contributed by atoms with Gasteiger partial charge in [0, 0.05) is 18.9 Å². The Morgan fingerprint density at radius 3 is 2.85 bits per heavy atom. The highest BCUT2D eigenvalue weighted by atomic mass is 35.5. The molecule has 2 aromatic rings. The quantitative estimate of drug-likeness (QED) is 0.879. The van der Waals surface area contributed by atoms with E-state index in [4.69, 9.17) is 11.6 Å². The van der Waals surface area contributed by atoms with Crippen LogP contribution in [0.5, 0.6) is 0 Å². The summed E-state index contributed by atoms with van der Waals surface area (Å²) in [6.45, 7) is 5.86. The smallest absolute Gasteiger partial charge is 0.141 e. The first-order chi connectivity index (χ1) is 9.67. The number of benzene rings is 1. The van der Waals surface area contributed by atoms with E-state index in [-0.39, 0.29) is 11.1 Å². The number of imidazole rings is 1. The van der Waals surface area contributed by atoms with Gasteiger partial charge in [-0.05, 0) is 30.7 Å². The maximum absolute atomic E-state index is 13.3. The fourth-order valence-corrected chi connectivity index (χ4v) is 2.45. The largest absolute Gasteiger partial charge is 0.333 e. The molecular formula is C15H19ClFN3. The van der Waals surface area contributed by atoms with E-state index in [1.165, 1.54) is 6.07 Å². The average Bonchev–Trinajstić information content (AvgIpc) is 2.88. The van der Waals surface area contributed by atoms with Gasteiger partial charge < -0.3 is 9.88 Å². The molecule has 0 saturated heterocycles.